The van der Waals surface area contributed by atoms with Gasteiger partial charge in [-0.3, -0.25) is 14.5 Å². The van der Waals surface area contributed by atoms with Crippen LogP contribution >= 0.6 is 0 Å². The van der Waals surface area contributed by atoms with Gasteiger partial charge in [0.05, 0.1) is 17.9 Å². The first kappa shape index (κ1) is 18.0. The van der Waals surface area contributed by atoms with Gasteiger partial charge in [-0.05, 0) is 24.6 Å². The Morgan fingerprint density at radius 3 is 2.77 bits per heavy atom. The van der Waals surface area contributed by atoms with Crippen molar-refractivity contribution in [3.8, 4) is 5.75 Å². The van der Waals surface area contributed by atoms with E-state index >= 15 is 0 Å². The first-order valence-corrected chi connectivity index (χ1v) is 8.64. The number of hydrogen-bond donors (Lipinski definition) is 2. The highest BCUT2D eigenvalue weighted by atomic mass is 16.5. The Hall–Kier alpha value is -2.80. The molecule has 138 valence electrons. The third-order valence-corrected chi connectivity index (χ3v) is 4.46. The summed E-state index contributed by atoms with van der Waals surface area (Å²) in [4.78, 5) is 26.4. The van der Waals surface area contributed by atoms with Crippen molar-refractivity contribution >= 4 is 11.8 Å². The van der Waals surface area contributed by atoms with E-state index in [-0.39, 0.29) is 23.9 Å². The largest absolute Gasteiger partial charge is 0.492 e. The summed E-state index contributed by atoms with van der Waals surface area (Å²) in [6.07, 6.45) is 3.44. The summed E-state index contributed by atoms with van der Waals surface area (Å²) in [6.45, 7) is 1.67. The summed E-state index contributed by atoms with van der Waals surface area (Å²) in [5.41, 5.74) is 0.479. The number of likely N-dealkylation sites (N-methyl/N-ethyl adjacent to an activating group) is 1. The zero-order chi connectivity index (χ0) is 18.4. The Labute approximate surface area is 152 Å². The van der Waals surface area contributed by atoms with Crippen LogP contribution in [0.5, 0.6) is 5.75 Å². The fourth-order valence-electron chi connectivity index (χ4n) is 3.15. The minimum Gasteiger partial charge on any atom is -0.492 e. The predicted molar refractivity (Wildman–Crippen MR) is 95.9 cm³/mol. The molecule has 0 bridgehead atoms. The highest BCUT2D eigenvalue weighted by Crippen LogP contribution is 2.19. The molecule has 2 unspecified atom stereocenters. The lowest BCUT2D eigenvalue weighted by Gasteiger charge is -2.22. The van der Waals surface area contributed by atoms with Crippen LogP contribution in [0.25, 0.3) is 0 Å². The van der Waals surface area contributed by atoms with Crippen molar-refractivity contribution in [3.63, 3.8) is 0 Å². The predicted octanol–water partition coefficient (Wildman–Crippen LogP) is 1.28. The second-order valence-electron chi connectivity index (χ2n) is 6.20. The molecule has 2 heterocycles. The van der Waals surface area contributed by atoms with Crippen molar-refractivity contribution in [1.82, 2.24) is 15.5 Å². The molecule has 1 aliphatic rings. The monoisotopic (exact) mass is 357 g/mol. The van der Waals surface area contributed by atoms with Crippen LogP contribution in [-0.4, -0.2) is 55.5 Å². The van der Waals surface area contributed by atoms with E-state index in [1.54, 1.807) is 13.1 Å². The molecule has 1 aliphatic heterocycles. The van der Waals surface area contributed by atoms with E-state index in [1.807, 2.05) is 35.2 Å². The van der Waals surface area contributed by atoms with Crippen LogP contribution in [0.4, 0.5) is 0 Å². The molecule has 0 radical (unpaired) electrons. The summed E-state index contributed by atoms with van der Waals surface area (Å²) in [7, 11) is 1.62. The number of rotatable bonds is 7. The zero-order valence-corrected chi connectivity index (χ0v) is 14.7. The Morgan fingerprint density at radius 1 is 1.27 bits per heavy atom. The molecule has 2 atom stereocenters. The van der Waals surface area contributed by atoms with E-state index in [2.05, 4.69) is 10.6 Å². The van der Waals surface area contributed by atoms with Gasteiger partial charge in [0.2, 0.25) is 5.91 Å². The normalized spacial score (nSPS) is 19.9. The topological polar surface area (TPSA) is 83.8 Å². The third kappa shape index (κ3) is 4.43. The van der Waals surface area contributed by atoms with Gasteiger partial charge in [-0.25, -0.2) is 0 Å². The van der Waals surface area contributed by atoms with E-state index in [9.17, 15) is 9.59 Å². The second-order valence-corrected chi connectivity index (χ2v) is 6.20. The van der Waals surface area contributed by atoms with Crippen molar-refractivity contribution in [2.75, 3.05) is 26.7 Å². The number of nitrogens with one attached hydrogen (secondary N) is 2. The summed E-state index contributed by atoms with van der Waals surface area (Å²) >= 11 is 0. The third-order valence-electron chi connectivity index (χ3n) is 4.46. The number of likely N-dealkylation sites (tertiary alicyclic amines) is 1. The molecular weight excluding hydrogens is 334 g/mol. The first-order valence-electron chi connectivity index (χ1n) is 8.64. The average molecular weight is 357 g/mol. The lowest BCUT2D eigenvalue weighted by Crippen LogP contribution is -2.43. The molecule has 3 rings (SSSR count). The van der Waals surface area contributed by atoms with Gasteiger partial charge in [-0.15, -0.1) is 0 Å². The molecule has 7 heteroatoms. The van der Waals surface area contributed by atoms with Crippen LogP contribution in [0.3, 0.4) is 0 Å². The van der Waals surface area contributed by atoms with Crippen molar-refractivity contribution in [2.45, 2.75) is 18.5 Å². The van der Waals surface area contributed by atoms with Crippen LogP contribution < -0.4 is 15.4 Å². The Morgan fingerprint density at radius 2 is 2.08 bits per heavy atom. The number of furan rings is 1. The molecule has 1 fully saturated rings. The number of carbonyl (C=O) groups is 2. The average Bonchev–Trinajstić information content (AvgIpc) is 3.32. The van der Waals surface area contributed by atoms with Gasteiger partial charge in [0.25, 0.3) is 5.91 Å². The maximum atomic E-state index is 12.2. The number of ether oxygens (including phenoxy) is 1. The second kappa shape index (κ2) is 8.53. The van der Waals surface area contributed by atoms with E-state index in [4.69, 9.17) is 9.15 Å². The summed E-state index contributed by atoms with van der Waals surface area (Å²) in [6, 6.07) is 10.8. The molecule has 0 saturated carbocycles. The highest BCUT2D eigenvalue weighted by molar-refractivity contribution is 5.94. The fourth-order valence-corrected chi connectivity index (χ4v) is 3.15. The molecule has 2 N–H and O–H groups in total. The molecule has 0 aliphatic carbocycles. The van der Waals surface area contributed by atoms with Crippen molar-refractivity contribution in [2.24, 2.45) is 0 Å². The van der Waals surface area contributed by atoms with E-state index < -0.39 is 0 Å². The number of benzene rings is 1. The molecule has 0 spiro atoms. The van der Waals surface area contributed by atoms with Crippen molar-refractivity contribution in [3.05, 3.63) is 54.5 Å². The maximum Gasteiger partial charge on any atom is 0.254 e. The number of para-hydroxylation sites is 1. The lowest BCUT2D eigenvalue weighted by molar-refractivity contribution is -0.125. The maximum absolute atomic E-state index is 12.2. The number of amides is 2. The Balaban J connectivity index is 1.56. The summed E-state index contributed by atoms with van der Waals surface area (Å²) < 4.78 is 10.7. The van der Waals surface area contributed by atoms with E-state index in [1.165, 1.54) is 12.5 Å². The van der Waals surface area contributed by atoms with Gasteiger partial charge in [-0.2, -0.15) is 0 Å². The van der Waals surface area contributed by atoms with Crippen LogP contribution in [0.15, 0.2) is 53.3 Å². The van der Waals surface area contributed by atoms with Crippen molar-refractivity contribution < 1.29 is 18.7 Å². The molecular formula is C19H23N3O4. The zero-order valence-electron chi connectivity index (χ0n) is 14.7. The molecule has 1 saturated heterocycles. The van der Waals surface area contributed by atoms with Gasteiger partial charge in [-0.1, -0.05) is 18.2 Å². The number of nitrogens with zero attached hydrogens (tertiary/aromatic N) is 1. The molecule has 7 nitrogen and oxygen atoms in total. The van der Waals surface area contributed by atoms with Crippen LogP contribution in [-0.2, 0) is 4.79 Å². The summed E-state index contributed by atoms with van der Waals surface area (Å²) in [5, 5.41) is 5.66. The van der Waals surface area contributed by atoms with Crippen LogP contribution in [0.2, 0.25) is 0 Å². The van der Waals surface area contributed by atoms with Crippen molar-refractivity contribution in [1.29, 1.82) is 0 Å². The fraction of sp³-hybridized carbons (Fsp3) is 0.368. The SMILES string of the molecule is CNC(=O)C1CC(NC(=O)c2ccoc2)CN1CCOc1ccccc1. The van der Waals surface area contributed by atoms with Crippen LogP contribution in [0, 0.1) is 0 Å². The van der Waals surface area contributed by atoms with Gasteiger partial charge < -0.3 is 19.8 Å². The van der Waals surface area contributed by atoms with Gasteiger partial charge in [0, 0.05) is 26.2 Å². The number of carbonyl (C=O) groups excluding carboxylic acids is 2. The van der Waals surface area contributed by atoms with Gasteiger partial charge in [0.15, 0.2) is 0 Å². The molecule has 26 heavy (non-hydrogen) atoms. The Bertz CT molecular complexity index is 718. The quantitative estimate of drug-likeness (QED) is 0.780. The molecule has 1 aromatic heterocycles. The minimum atomic E-state index is -0.283. The molecule has 1 aromatic carbocycles. The minimum absolute atomic E-state index is 0.0511. The highest BCUT2D eigenvalue weighted by Gasteiger charge is 2.36. The first-order chi connectivity index (χ1) is 12.7. The van der Waals surface area contributed by atoms with Gasteiger partial charge >= 0.3 is 0 Å². The lowest BCUT2D eigenvalue weighted by atomic mass is 10.1. The van der Waals surface area contributed by atoms with Gasteiger partial charge in [0.1, 0.15) is 18.6 Å². The van der Waals surface area contributed by atoms with E-state index in [0.29, 0.717) is 31.7 Å². The summed E-state index contributed by atoms with van der Waals surface area (Å²) in [5.74, 6) is 0.555. The smallest absolute Gasteiger partial charge is 0.254 e. The standard InChI is InChI=1S/C19H23N3O4/c1-20-19(24)17-11-15(21-18(23)14-7-9-25-13-14)12-22(17)8-10-26-16-5-3-2-4-6-16/h2-7,9,13,15,17H,8,10-12H2,1H3,(H,20,24)(H,21,23). The van der Waals surface area contributed by atoms with Crippen LogP contribution in [0.1, 0.15) is 16.8 Å². The van der Waals surface area contributed by atoms with E-state index in [0.717, 1.165) is 5.75 Å². The Kier molecular flexibility index (Phi) is 5.91. The number of hydrogen-bond acceptors (Lipinski definition) is 5. The molecule has 2 aromatic rings. The molecule has 2 amide bonds.